The molecule has 0 amide bonds. The first-order valence-electron chi connectivity index (χ1n) is 8.23. The minimum atomic E-state index is 0.752. The summed E-state index contributed by atoms with van der Waals surface area (Å²) >= 11 is 7.14. The molecule has 0 spiro atoms. The Labute approximate surface area is 154 Å². The molecule has 0 unspecified atom stereocenters. The minimum Gasteiger partial charge on any atom is -0.413 e. The van der Waals surface area contributed by atoms with Crippen LogP contribution >= 0.6 is 31.9 Å². The predicted octanol–water partition coefficient (Wildman–Crippen LogP) is 6.72. The molecule has 0 aliphatic rings. The molecule has 0 aliphatic heterocycles. The monoisotopic (exact) mass is 437 g/mol. The lowest BCUT2D eigenvalue weighted by Crippen LogP contribution is -2.12. The summed E-state index contributed by atoms with van der Waals surface area (Å²) in [6, 6.07) is 12.7. The van der Waals surface area contributed by atoms with Crippen LogP contribution in [0.2, 0.25) is 0 Å². The molecule has 2 nitrogen and oxygen atoms in total. The van der Waals surface area contributed by atoms with Gasteiger partial charge in [0.05, 0.1) is 11.0 Å². The average Bonchev–Trinajstić information content (AvgIpc) is 2.83. The molecular formula is C19H21Br2NO. The number of hydrogen-bond acceptors (Lipinski definition) is 1. The maximum Gasteiger partial charge on any atom is 0.115 e. The second-order valence-electron chi connectivity index (χ2n) is 5.86. The fourth-order valence-electron chi connectivity index (χ4n) is 2.93. The summed E-state index contributed by atoms with van der Waals surface area (Å²) in [6.45, 7) is 2.99. The number of fused-ring (bicyclic) bond motifs is 3. The standard InChI is InChI=1S/C19H21Br2NO/c1-2-3-4-5-6-11-23-22-18-12-14(20)7-9-16(18)17-10-8-15(21)13-19(17)22/h7-10,12-13H,2-6,11H2,1H3. The summed E-state index contributed by atoms with van der Waals surface area (Å²) in [4.78, 5) is 6.14. The summed E-state index contributed by atoms with van der Waals surface area (Å²) in [5, 5.41) is 2.45. The van der Waals surface area contributed by atoms with Crippen LogP contribution in [0.4, 0.5) is 0 Å². The van der Waals surface area contributed by atoms with Crippen LogP contribution in [0.1, 0.15) is 39.0 Å². The van der Waals surface area contributed by atoms with Gasteiger partial charge in [0.15, 0.2) is 0 Å². The normalized spacial score (nSPS) is 11.4. The number of rotatable bonds is 7. The number of nitrogens with zero attached hydrogens (tertiary/aromatic N) is 1. The van der Waals surface area contributed by atoms with Crippen molar-refractivity contribution in [1.29, 1.82) is 0 Å². The molecule has 0 radical (unpaired) electrons. The molecule has 0 fully saturated rings. The Hall–Kier alpha value is -1.00. The maximum absolute atomic E-state index is 6.14. The van der Waals surface area contributed by atoms with E-state index < -0.39 is 0 Å². The predicted molar refractivity (Wildman–Crippen MR) is 105 cm³/mol. The van der Waals surface area contributed by atoms with Gasteiger partial charge in [0.25, 0.3) is 0 Å². The van der Waals surface area contributed by atoms with Gasteiger partial charge in [-0.15, -0.1) is 0 Å². The maximum atomic E-state index is 6.14. The molecule has 122 valence electrons. The van der Waals surface area contributed by atoms with Crippen molar-refractivity contribution in [1.82, 2.24) is 4.73 Å². The first kappa shape index (κ1) is 16.8. The highest BCUT2D eigenvalue weighted by Gasteiger charge is 2.12. The van der Waals surface area contributed by atoms with E-state index in [4.69, 9.17) is 4.84 Å². The first-order chi connectivity index (χ1) is 11.2. The van der Waals surface area contributed by atoms with Crippen molar-refractivity contribution in [3.63, 3.8) is 0 Å². The fourth-order valence-corrected chi connectivity index (χ4v) is 3.63. The molecule has 3 aromatic rings. The summed E-state index contributed by atoms with van der Waals surface area (Å²) in [6.07, 6.45) is 6.22. The Kier molecular flexibility index (Phi) is 5.65. The van der Waals surface area contributed by atoms with E-state index in [1.165, 1.54) is 36.5 Å². The quantitative estimate of drug-likeness (QED) is 0.373. The lowest BCUT2D eigenvalue weighted by Gasteiger charge is -2.10. The van der Waals surface area contributed by atoms with Gasteiger partial charge in [-0.1, -0.05) is 70.2 Å². The molecule has 2 aromatic carbocycles. The molecule has 0 saturated heterocycles. The van der Waals surface area contributed by atoms with E-state index in [1.54, 1.807) is 0 Å². The third-order valence-electron chi connectivity index (χ3n) is 4.12. The second-order valence-corrected chi connectivity index (χ2v) is 7.70. The highest BCUT2D eigenvalue weighted by atomic mass is 79.9. The molecule has 1 heterocycles. The van der Waals surface area contributed by atoms with Crippen LogP contribution in [0.25, 0.3) is 21.8 Å². The van der Waals surface area contributed by atoms with E-state index in [-0.39, 0.29) is 0 Å². The Morgan fingerprint density at radius 1 is 0.826 bits per heavy atom. The zero-order valence-corrected chi connectivity index (χ0v) is 16.5. The Balaban J connectivity index is 1.89. The molecule has 3 rings (SSSR count). The van der Waals surface area contributed by atoms with Crippen LogP contribution in [0.3, 0.4) is 0 Å². The van der Waals surface area contributed by atoms with Crippen molar-refractivity contribution < 1.29 is 4.84 Å². The van der Waals surface area contributed by atoms with E-state index >= 15 is 0 Å². The van der Waals surface area contributed by atoms with E-state index in [2.05, 4.69) is 75.2 Å². The van der Waals surface area contributed by atoms with Crippen molar-refractivity contribution >= 4 is 53.7 Å². The summed E-state index contributed by atoms with van der Waals surface area (Å²) < 4.78 is 4.12. The van der Waals surface area contributed by atoms with Gasteiger partial charge in [0, 0.05) is 19.7 Å². The van der Waals surface area contributed by atoms with Gasteiger partial charge in [0.1, 0.15) is 6.61 Å². The van der Waals surface area contributed by atoms with Gasteiger partial charge in [-0.05, 0) is 37.1 Å². The molecule has 4 heteroatoms. The third-order valence-corrected chi connectivity index (χ3v) is 5.10. The van der Waals surface area contributed by atoms with Gasteiger partial charge in [-0.25, -0.2) is 0 Å². The van der Waals surface area contributed by atoms with Crippen LogP contribution in [0.15, 0.2) is 45.3 Å². The minimum absolute atomic E-state index is 0.752. The Morgan fingerprint density at radius 2 is 1.39 bits per heavy atom. The highest BCUT2D eigenvalue weighted by molar-refractivity contribution is 9.10. The van der Waals surface area contributed by atoms with Crippen molar-refractivity contribution in [3.8, 4) is 0 Å². The van der Waals surface area contributed by atoms with Crippen LogP contribution in [-0.4, -0.2) is 11.3 Å². The summed E-state index contributed by atoms with van der Waals surface area (Å²) in [5.41, 5.74) is 2.22. The zero-order chi connectivity index (χ0) is 16.2. The molecule has 1 aromatic heterocycles. The van der Waals surface area contributed by atoms with Crippen LogP contribution in [0, 0.1) is 0 Å². The topological polar surface area (TPSA) is 14.2 Å². The smallest absolute Gasteiger partial charge is 0.115 e. The van der Waals surface area contributed by atoms with Gasteiger partial charge in [-0.2, -0.15) is 4.73 Å². The van der Waals surface area contributed by atoms with Crippen LogP contribution < -0.4 is 4.84 Å². The second kappa shape index (κ2) is 7.71. The van der Waals surface area contributed by atoms with Crippen molar-refractivity contribution in [2.75, 3.05) is 6.61 Å². The fraction of sp³-hybridized carbons (Fsp3) is 0.368. The average molecular weight is 439 g/mol. The lowest BCUT2D eigenvalue weighted by molar-refractivity contribution is 0.125. The van der Waals surface area contributed by atoms with E-state index in [9.17, 15) is 0 Å². The Bertz CT molecular complexity index is 751. The van der Waals surface area contributed by atoms with Crippen molar-refractivity contribution in [3.05, 3.63) is 45.3 Å². The van der Waals surface area contributed by atoms with Gasteiger partial charge >= 0.3 is 0 Å². The van der Waals surface area contributed by atoms with Crippen molar-refractivity contribution in [2.24, 2.45) is 0 Å². The number of unbranched alkanes of at least 4 members (excludes halogenated alkanes) is 4. The largest absolute Gasteiger partial charge is 0.413 e. The molecule has 0 aliphatic carbocycles. The van der Waals surface area contributed by atoms with Gasteiger partial charge in [-0.3, -0.25) is 0 Å². The highest BCUT2D eigenvalue weighted by Crippen LogP contribution is 2.32. The summed E-state index contributed by atoms with van der Waals surface area (Å²) in [5.74, 6) is 0. The Morgan fingerprint density at radius 3 is 1.96 bits per heavy atom. The van der Waals surface area contributed by atoms with E-state index in [0.717, 1.165) is 33.0 Å². The zero-order valence-electron chi connectivity index (χ0n) is 13.3. The van der Waals surface area contributed by atoms with Gasteiger partial charge in [0.2, 0.25) is 0 Å². The SMILES string of the molecule is CCCCCCCOn1c2cc(Br)ccc2c2ccc(Br)cc21. The van der Waals surface area contributed by atoms with Gasteiger partial charge < -0.3 is 4.84 Å². The summed E-state index contributed by atoms with van der Waals surface area (Å²) in [7, 11) is 0. The molecule has 23 heavy (non-hydrogen) atoms. The van der Waals surface area contributed by atoms with Crippen LogP contribution in [-0.2, 0) is 0 Å². The molecule has 0 saturated carbocycles. The van der Waals surface area contributed by atoms with E-state index in [1.807, 2.05) is 4.73 Å². The van der Waals surface area contributed by atoms with Crippen molar-refractivity contribution in [2.45, 2.75) is 39.0 Å². The first-order valence-corrected chi connectivity index (χ1v) is 9.82. The number of aromatic nitrogens is 1. The lowest BCUT2D eigenvalue weighted by atomic mass is 10.2. The molecular weight excluding hydrogens is 418 g/mol. The molecule has 0 N–H and O–H groups in total. The third kappa shape index (κ3) is 3.74. The number of hydrogen-bond donors (Lipinski definition) is 0. The number of benzene rings is 2. The number of halogens is 2. The molecule has 0 atom stereocenters. The van der Waals surface area contributed by atoms with E-state index in [0.29, 0.717) is 0 Å². The molecule has 0 bridgehead atoms. The van der Waals surface area contributed by atoms with Crippen LogP contribution in [0.5, 0.6) is 0 Å².